The molecule has 0 radical (unpaired) electrons. The van der Waals surface area contributed by atoms with Gasteiger partial charge in [0.25, 0.3) is 0 Å². The lowest BCUT2D eigenvalue weighted by Crippen LogP contribution is -2.47. The minimum atomic E-state index is -0.409. The van der Waals surface area contributed by atoms with Gasteiger partial charge in [-0.1, -0.05) is 11.6 Å². The molecule has 1 aromatic rings. The van der Waals surface area contributed by atoms with Crippen molar-refractivity contribution in [2.75, 3.05) is 11.9 Å². The normalized spacial score (nSPS) is 26.1. The summed E-state index contributed by atoms with van der Waals surface area (Å²) in [5, 5.41) is 0. The average Bonchev–Trinajstić information content (AvgIpc) is 2.13. The summed E-state index contributed by atoms with van der Waals surface area (Å²) in [5.41, 5.74) is -0.207. The molecule has 0 N–H and O–H groups in total. The first-order valence-electron chi connectivity index (χ1n) is 4.51. The maximum atomic E-state index is 11.4. The van der Waals surface area contributed by atoms with E-state index in [0.29, 0.717) is 6.54 Å². The van der Waals surface area contributed by atoms with E-state index >= 15 is 0 Å². The van der Waals surface area contributed by atoms with Crippen LogP contribution in [0.15, 0.2) is 17.1 Å². The summed E-state index contributed by atoms with van der Waals surface area (Å²) in [7, 11) is 1.89. The third-order valence-corrected chi connectivity index (χ3v) is 3.19. The second-order valence-electron chi connectivity index (χ2n) is 3.69. The molecule has 0 bridgehead atoms. The average molecular weight is 214 g/mol. The number of hydrogen-bond donors (Lipinski definition) is 0. The van der Waals surface area contributed by atoms with Crippen LogP contribution in [0.1, 0.15) is 13.3 Å². The van der Waals surface area contributed by atoms with Crippen LogP contribution in [0.25, 0.3) is 0 Å². The number of rotatable bonds is 0. The Bertz CT molecular complexity index is 413. The minimum absolute atomic E-state index is 0.207. The van der Waals surface area contributed by atoms with Crippen LogP contribution < -0.4 is 10.6 Å². The maximum Gasteiger partial charge on any atom is 0.349 e. The lowest BCUT2D eigenvalue weighted by molar-refractivity contribution is 0.442. The van der Waals surface area contributed by atoms with Gasteiger partial charge in [-0.25, -0.2) is 9.78 Å². The van der Waals surface area contributed by atoms with Crippen molar-refractivity contribution in [3.63, 3.8) is 0 Å². The molecular formula is C9H12ClN3O. The van der Waals surface area contributed by atoms with E-state index < -0.39 is 5.00 Å². The van der Waals surface area contributed by atoms with Crippen LogP contribution in [-0.2, 0) is 6.54 Å². The van der Waals surface area contributed by atoms with E-state index in [1.165, 1.54) is 6.20 Å². The first-order chi connectivity index (χ1) is 6.52. The predicted molar refractivity (Wildman–Crippen MR) is 55.8 cm³/mol. The number of aromatic nitrogens is 2. The molecule has 0 fully saturated rings. The zero-order chi connectivity index (χ0) is 10.3. The van der Waals surface area contributed by atoms with Crippen LogP contribution in [0, 0.1) is 0 Å². The summed E-state index contributed by atoms with van der Waals surface area (Å²) >= 11 is 6.29. The Balaban J connectivity index is 2.57. The predicted octanol–water partition coefficient (Wildman–Crippen LogP) is 1.04. The highest BCUT2D eigenvalue weighted by Crippen LogP contribution is 2.32. The summed E-state index contributed by atoms with van der Waals surface area (Å²) in [5.74, 6) is 0.828. The lowest BCUT2D eigenvalue weighted by Gasteiger charge is -2.40. The molecule has 1 unspecified atom stereocenters. The van der Waals surface area contributed by atoms with Gasteiger partial charge in [0, 0.05) is 26.2 Å². The van der Waals surface area contributed by atoms with Crippen LogP contribution in [0.2, 0.25) is 0 Å². The molecule has 2 rings (SSSR count). The number of hydrogen-bond acceptors (Lipinski definition) is 3. The Morgan fingerprint density at radius 1 is 1.64 bits per heavy atom. The monoisotopic (exact) mass is 213 g/mol. The number of fused-ring (bicyclic) bond motifs is 1. The summed E-state index contributed by atoms with van der Waals surface area (Å²) in [4.78, 5) is 16.6. The Morgan fingerprint density at radius 2 is 2.36 bits per heavy atom. The van der Waals surface area contributed by atoms with Crippen LogP contribution in [-0.4, -0.2) is 21.6 Å². The number of alkyl halides is 1. The summed E-state index contributed by atoms with van der Waals surface area (Å²) < 4.78 is 1.64. The van der Waals surface area contributed by atoms with E-state index in [2.05, 4.69) is 4.98 Å². The summed E-state index contributed by atoms with van der Waals surface area (Å²) in [6.07, 6.45) is 2.26. The first kappa shape index (κ1) is 9.52. The van der Waals surface area contributed by atoms with Crippen LogP contribution >= 0.6 is 11.6 Å². The topological polar surface area (TPSA) is 38.1 Å². The van der Waals surface area contributed by atoms with Crippen molar-refractivity contribution in [1.82, 2.24) is 9.55 Å². The van der Waals surface area contributed by atoms with Gasteiger partial charge in [0.1, 0.15) is 10.8 Å². The van der Waals surface area contributed by atoms with Crippen LogP contribution in [0.3, 0.4) is 0 Å². The van der Waals surface area contributed by atoms with Crippen molar-refractivity contribution >= 4 is 17.4 Å². The molecule has 0 aromatic carbocycles. The molecule has 1 aliphatic heterocycles. The number of anilines is 1. The van der Waals surface area contributed by atoms with Gasteiger partial charge in [0.05, 0.1) is 0 Å². The third kappa shape index (κ3) is 1.30. The van der Waals surface area contributed by atoms with Crippen molar-refractivity contribution in [2.45, 2.75) is 24.9 Å². The summed E-state index contributed by atoms with van der Waals surface area (Å²) in [6, 6.07) is 1.81. The Hall–Kier alpha value is -1.03. The van der Waals surface area contributed by atoms with E-state index in [4.69, 9.17) is 11.6 Å². The fourth-order valence-electron chi connectivity index (χ4n) is 1.65. The SMILES string of the molecule is CN1c2ccnc(=O)n2CCC1(C)Cl. The van der Waals surface area contributed by atoms with E-state index in [9.17, 15) is 4.79 Å². The molecule has 0 saturated heterocycles. The van der Waals surface area contributed by atoms with Gasteiger partial charge >= 0.3 is 5.69 Å². The number of nitrogens with zero attached hydrogens (tertiary/aromatic N) is 3. The molecule has 0 saturated carbocycles. The molecule has 1 aromatic heterocycles. The van der Waals surface area contributed by atoms with Gasteiger partial charge in [-0.2, -0.15) is 0 Å². The molecule has 0 spiro atoms. The molecule has 1 aliphatic rings. The molecular weight excluding hydrogens is 202 g/mol. The van der Waals surface area contributed by atoms with Gasteiger partial charge in [0.2, 0.25) is 0 Å². The Labute approximate surface area is 87.1 Å². The minimum Gasteiger partial charge on any atom is -0.342 e. The Morgan fingerprint density at radius 3 is 3.07 bits per heavy atom. The quantitative estimate of drug-likeness (QED) is 0.478. The van der Waals surface area contributed by atoms with E-state index in [0.717, 1.165) is 12.2 Å². The van der Waals surface area contributed by atoms with E-state index in [-0.39, 0.29) is 5.69 Å². The molecule has 76 valence electrons. The van der Waals surface area contributed by atoms with Gasteiger partial charge in [0.15, 0.2) is 0 Å². The van der Waals surface area contributed by atoms with Gasteiger partial charge < -0.3 is 4.90 Å². The van der Waals surface area contributed by atoms with Crippen molar-refractivity contribution in [3.8, 4) is 0 Å². The van der Waals surface area contributed by atoms with Crippen LogP contribution in [0.5, 0.6) is 0 Å². The van der Waals surface area contributed by atoms with Gasteiger partial charge in [-0.05, 0) is 13.0 Å². The number of halogens is 1. The highest BCUT2D eigenvalue weighted by molar-refractivity contribution is 6.25. The third-order valence-electron chi connectivity index (χ3n) is 2.75. The van der Waals surface area contributed by atoms with Gasteiger partial charge in [-0.3, -0.25) is 4.57 Å². The molecule has 0 aliphatic carbocycles. The first-order valence-corrected chi connectivity index (χ1v) is 4.89. The maximum absolute atomic E-state index is 11.4. The van der Waals surface area contributed by atoms with Crippen molar-refractivity contribution in [1.29, 1.82) is 0 Å². The Kier molecular flexibility index (Phi) is 2.03. The fourth-order valence-corrected chi connectivity index (χ4v) is 1.82. The molecule has 5 heteroatoms. The molecule has 1 atom stereocenters. The van der Waals surface area contributed by atoms with Crippen molar-refractivity contribution < 1.29 is 0 Å². The highest BCUT2D eigenvalue weighted by Gasteiger charge is 2.32. The van der Waals surface area contributed by atoms with Crippen LogP contribution in [0.4, 0.5) is 5.82 Å². The largest absolute Gasteiger partial charge is 0.349 e. The smallest absolute Gasteiger partial charge is 0.342 e. The zero-order valence-electron chi connectivity index (χ0n) is 8.20. The van der Waals surface area contributed by atoms with Crippen molar-refractivity contribution in [3.05, 3.63) is 22.7 Å². The zero-order valence-corrected chi connectivity index (χ0v) is 8.95. The van der Waals surface area contributed by atoms with E-state index in [1.54, 1.807) is 10.6 Å². The van der Waals surface area contributed by atoms with Crippen molar-refractivity contribution in [2.24, 2.45) is 0 Å². The highest BCUT2D eigenvalue weighted by atomic mass is 35.5. The summed E-state index contributed by atoms with van der Waals surface area (Å²) in [6.45, 7) is 2.58. The van der Waals surface area contributed by atoms with Gasteiger partial charge in [-0.15, -0.1) is 0 Å². The molecule has 2 heterocycles. The lowest BCUT2D eigenvalue weighted by atomic mass is 10.1. The standard InChI is InChI=1S/C9H12ClN3O/c1-9(10)4-6-13-7(12(9)2)3-5-11-8(13)14/h3,5H,4,6H2,1-2H3. The van der Waals surface area contributed by atoms with E-state index in [1.807, 2.05) is 18.9 Å². The molecule has 4 nitrogen and oxygen atoms in total. The second-order valence-corrected chi connectivity index (χ2v) is 4.50. The second kappa shape index (κ2) is 2.98. The fraction of sp³-hybridized carbons (Fsp3) is 0.556. The molecule has 14 heavy (non-hydrogen) atoms. The molecule has 0 amide bonds.